The number of rotatable bonds is 5. The lowest BCUT2D eigenvalue weighted by molar-refractivity contribution is -0.120. The molecule has 1 amide bonds. The molecule has 1 N–H and O–H groups in total. The van der Waals surface area contributed by atoms with E-state index in [0.717, 1.165) is 10.9 Å². The van der Waals surface area contributed by atoms with Gasteiger partial charge in [0.05, 0.1) is 6.07 Å². The maximum atomic E-state index is 11.3. The third-order valence-corrected chi connectivity index (χ3v) is 2.98. The number of hydrogen-bond acceptors (Lipinski definition) is 2. The van der Waals surface area contributed by atoms with Crippen LogP contribution in [0.1, 0.15) is 24.0 Å². The quantitative estimate of drug-likeness (QED) is 0.908. The van der Waals surface area contributed by atoms with Crippen molar-refractivity contribution in [2.24, 2.45) is 0 Å². The lowest BCUT2D eigenvalue weighted by atomic mass is 10.1. The largest absolute Gasteiger partial charge is 0.356 e. The Morgan fingerprint density at radius 1 is 1.53 bits per heavy atom. The van der Waals surface area contributed by atoms with Crippen LogP contribution in [0.25, 0.3) is 0 Å². The number of nitriles is 1. The molecule has 0 unspecified atom stereocenters. The zero-order valence-corrected chi connectivity index (χ0v) is 11.4. The van der Waals surface area contributed by atoms with Crippen molar-refractivity contribution in [2.75, 3.05) is 6.54 Å². The van der Waals surface area contributed by atoms with E-state index in [1.165, 1.54) is 11.1 Å². The molecule has 90 valence electrons. The van der Waals surface area contributed by atoms with E-state index in [1.54, 1.807) is 0 Å². The topological polar surface area (TPSA) is 52.9 Å². The first-order chi connectivity index (χ1) is 8.13. The van der Waals surface area contributed by atoms with Crippen LogP contribution in [-0.2, 0) is 11.2 Å². The van der Waals surface area contributed by atoms with Gasteiger partial charge < -0.3 is 5.32 Å². The van der Waals surface area contributed by atoms with Crippen LogP contribution in [-0.4, -0.2) is 12.5 Å². The summed E-state index contributed by atoms with van der Waals surface area (Å²) in [5.41, 5.74) is 2.44. The standard InChI is InChI=1S/C13H15BrN2O/c1-10-4-5-12(14)9-11(10)6-8-16-13(17)3-2-7-15/h4-5,9H,2-3,6,8H2,1H3,(H,16,17). The number of nitrogens with one attached hydrogen (secondary N) is 1. The van der Waals surface area contributed by atoms with Gasteiger partial charge in [-0.3, -0.25) is 4.79 Å². The Morgan fingerprint density at radius 3 is 3.00 bits per heavy atom. The molecule has 1 aromatic carbocycles. The molecule has 0 radical (unpaired) electrons. The number of benzene rings is 1. The molecule has 0 saturated heterocycles. The maximum absolute atomic E-state index is 11.3. The monoisotopic (exact) mass is 294 g/mol. The van der Waals surface area contributed by atoms with Gasteiger partial charge >= 0.3 is 0 Å². The van der Waals surface area contributed by atoms with Crippen molar-refractivity contribution in [1.29, 1.82) is 5.26 Å². The van der Waals surface area contributed by atoms with Gasteiger partial charge in [0.15, 0.2) is 0 Å². The molecule has 0 bridgehead atoms. The number of carbonyl (C=O) groups is 1. The maximum Gasteiger partial charge on any atom is 0.221 e. The highest BCUT2D eigenvalue weighted by Gasteiger charge is 2.02. The van der Waals surface area contributed by atoms with Gasteiger partial charge in [0.25, 0.3) is 0 Å². The van der Waals surface area contributed by atoms with E-state index in [0.29, 0.717) is 6.54 Å². The van der Waals surface area contributed by atoms with Crippen LogP contribution < -0.4 is 5.32 Å². The molecule has 0 aliphatic rings. The van der Waals surface area contributed by atoms with E-state index in [9.17, 15) is 4.79 Å². The number of amides is 1. The van der Waals surface area contributed by atoms with Gasteiger partial charge in [-0.05, 0) is 36.6 Å². The summed E-state index contributed by atoms with van der Waals surface area (Å²) in [7, 11) is 0. The van der Waals surface area contributed by atoms with Crippen molar-refractivity contribution in [3.63, 3.8) is 0 Å². The Morgan fingerprint density at radius 2 is 2.29 bits per heavy atom. The van der Waals surface area contributed by atoms with Crippen LogP contribution in [0.5, 0.6) is 0 Å². The third kappa shape index (κ3) is 5.01. The molecule has 1 rings (SSSR count). The summed E-state index contributed by atoms with van der Waals surface area (Å²) in [6, 6.07) is 8.08. The van der Waals surface area contributed by atoms with Crippen LogP contribution in [0, 0.1) is 18.3 Å². The average molecular weight is 295 g/mol. The fourth-order valence-corrected chi connectivity index (χ4v) is 1.91. The molecular formula is C13H15BrN2O. The number of nitrogens with zero attached hydrogens (tertiary/aromatic N) is 1. The number of halogens is 1. The molecule has 0 heterocycles. The SMILES string of the molecule is Cc1ccc(Br)cc1CCNC(=O)CCC#N. The fourth-order valence-electron chi connectivity index (χ4n) is 1.50. The summed E-state index contributed by atoms with van der Waals surface area (Å²) in [6.07, 6.45) is 1.37. The van der Waals surface area contributed by atoms with Gasteiger partial charge in [0.2, 0.25) is 5.91 Å². The van der Waals surface area contributed by atoms with Crippen molar-refractivity contribution < 1.29 is 4.79 Å². The van der Waals surface area contributed by atoms with Crippen LogP contribution in [0.15, 0.2) is 22.7 Å². The average Bonchev–Trinajstić information content (AvgIpc) is 2.31. The van der Waals surface area contributed by atoms with E-state index in [-0.39, 0.29) is 18.7 Å². The molecule has 0 atom stereocenters. The van der Waals surface area contributed by atoms with Crippen LogP contribution >= 0.6 is 15.9 Å². The molecule has 0 aromatic heterocycles. The first kappa shape index (κ1) is 13.7. The highest BCUT2D eigenvalue weighted by molar-refractivity contribution is 9.10. The molecular weight excluding hydrogens is 280 g/mol. The van der Waals surface area contributed by atoms with Crippen molar-refractivity contribution in [2.45, 2.75) is 26.2 Å². The summed E-state index contributed by atoms with van der Waals surface area (Å²) < 4.78 is 1.05. The van der Waals surface area contributed by atoms with Crippen molar-refractivity contribution >= 4 is 21.8 Å². The minimum absolute atomic E-state index is 0.0563. The Labute approximate surface area is 110 Å². The summed E-state index contributed by atoms with van der Waals surface area (Å²) in [5.74, 6) is -0.0563. The van der Waals surface area contributed by atoms with Gasteiger partial charge in [-0.1, -0.05) is 22.0 Å². The summed E-state index contributed by atoms with van der Waals surface area (Å²) >= 11 is 3.43. The lowest BCUT2D eigenvalue weighted by Gasteiger charge is -2.07. The highest BCUT2D eigenvalue weighted by atomic mass is 79.9. The van der Waals surface area contributed by atoms with E-state index < -0.39 is 0 Å². The third-order valence-electron chi connectivity index (χ3n) is 2.49. The molecule has 0 saturated carbocycles. The molecule has 1 aromatic rings. The Hall–Kier alpha value is -1.34. The van der Waals surface area contributed by atoms with Crippen molar-refractivity contribution in [1.82, 2.24) is 5.32 Å². The van der Waals surface area contributed by atoms with E-state index in [1.807, 2.05) is 12.1 Å². The van der Waals surface area contributed by atoms with Gasteiger partial charge in [0.1, 0.15) is 0 Å². The van der Waals surface area contributed by atoms with Crippen molar-refractivity contribution in [3.05, 3.63) is 33.8 Å². The van der Waals surface area contributed by atoms with Crippen LogP contribution in [0.3, 0.4) is 0 Å². The molecule has 0 spiro atoms. The zero-order chi connectivity index (χ0) is 12.7. The van der Waals surface area contributed by atoms with Crippen molar-refractivity contribution in [3.8, 4) is 6.07 Å². The Kier molecular flexibility index (Phi) is 5.71. The Bertz CT molecular complexity index is 438. The second kappa shape index (κ2) is 7.08. The van der Waals surface area contributed by atoms with Crippen LogP contribution in [0.4, 0.5) is 0 Å². The summed E-state index contributed by atoms with van der Waals surface area (Å²) in [4.78, 5) is 11.3. The van der Waals surface area contributed by atoms with E-state index >= 15 is 0 Å². The number of carbonyl (C=O) groups excluding carboxylic acids is 1. The smallest absolute Gasteiger partial charge is 0.221 e. The molecule has 4 heteroatoms. The van der Waals surface area contributed by atoms with E-state index in [2.05, 4.69) is 40.3 Å². The molecule has 0 aliphatic carbocycles. The number of hydrogen-bond donors (Lipinski definition) is 1. The molecule has 0 aliphatic heterocycles. The van der Waals surface area contributed by atoms with E-state index in [4.69, 9.17) is 5.26 Å². The summed E-state index contributed by atoms with van der Waals surface area (Å²) in [6.45, 7) is 2.67. The lowest BCUT2D eigenvalue weighted by Crippen LogP contribution is -2.25. The normalized spacial score (nSPS) is 9.71. The second-order valence-electron chi connectivity index (χ2n) is 3.83. The fraction of sp³-hybridized carbons (Fsp3) is 0.385. The van der Waals surface area contributed by atoms with Gasteiger partial charge in [-0.25, -0.2) is 0 Å². The minimum Gasteiger partial charge on any atom is -0.356 e. The first-order valence-corrected chi connectivity index (χ1v) is 6.31. The predicted molar refractivity (Wildman–Crippen MR) is 70.4 cm³/mol. The first-order valence-electron chi connectivity index (χ1n) is 5.52. The van der Waals surface area contributed by atoms with Gasteiger partial charge in [0, 0.05) is 23.9 Å². The van der Waals surface area contributed by atoms with Crippen LogP contribution in [0.2, 0.25) is 0 Å². The molecule has 17 heavy (non-hydrogen) atoms. The Balaban J connectivity index is 2.38. The highest BCUT2D eigenvalue weighted by Crippen LogP contribution is 2.16. The second-order valence-corrected chi connectivity index (χ2v) is 4.74. The number of aryl methyl sites for hydroxylation is 1. The predicted octanol–water partition coefficient (Wildman–Crippen LogP) is 2.72. The summed E-state index contributed by atoms with van der Waals surface area (Å²) in [5, 5.41) is 11.2. The minimum atomic E-state index is -0.0563. The van der Waals surface area contributed by atoms with Gasteiger partial charge in [-0.2, -0.15) is 5.26 Å². The molecule has 3 nitrogen and oxygen atoms in total. The molecule has 0 fully saturated rings. The van der Waals surface area contributed by atoms with Gasteiger partial charge in [-0.15, -0.1) is 0 Å². The zero-order valence-electron chi connectivity index (χ0n) is 9.79.